The molecule has 2 aromatic rings. The Labute approximate surface area is 140 Å². The fraction of sp³-hybridized carbons (Fsp3) is 0.235. The molecule has 0 aliphatic rings. The summed E-state index contributed by atoms with van der Waals surface area (Å²) in [4.78, 5) is 29.5. The summed E-state index contributed by atoms with van der Waals surface area (Å²) >= 11 is 0. The number of urea groups is 1. The molecule has 0 fully saturated rings. The summed E-state index contributed by atoms with van der Waals surface area (Å²) in [6.07, 6.45) is 1.71. The van der Waals surface area contributed by atoms with Gasteiger partial charge < -0.3 is 20.3 Å². The molecule has 7 heteroatoms. The Morgan fingerprint density at radius 1 is 1.17 bits per heavy atom. The van der Waals surface area contributed by atoms with Gasteiger partial charge in [0.1, 0.15) is 5.82 Å². The van der Waals surface area contributed by atoms with Crippen LogP contribution in [-0.4, -0.2) is 38.2 Å². The van der Waals surface area contributed by atoms with Crippen molar-refractivity contribution in [2.24, 2.45) is 0 Å². The monoisotopic (exact) mass is 328 g/mol. The van der Waals surface area contributed by atoms with Gasteiger partial charge in [0.2, 0.25) is 0 Å². The lowest BCUT2D eigenvalue weighted by Crippen LogP contribution is -2.29. The van der Waals surface area contributed by atoms with Crippen LogP contribution >= 0.6 is 0 Å². The summed E-state index contributed by atoms with van der Waals surface area (Å²) in [7, 11) is 5.12. The molecular formula is C17H20N4O3. The van der Waals surface area contributed by atoms with Gasteiger partial charge in [0.25, 0.3) is 0 Å². The third-order valence-electron chi connectivity index (χ3n) is 3.29. The predicted octanol–water partition coefficient (Wildman–Crippen LogP) is 2.26. The minimum Gasteiger partial charge on any atom is -0.465 e. The number of hydrogen-bond acceptors (Lipinski definition) is 5. The highest BCUT2D eigenvalue weighted by molar-refractivity contribution is 5.92. The Kier molecular flexibility index (Phi) is 5.73. The van der Waals surface area contributed by atoms with Gasteiger partial charge in [-0.2, -0.15) is 0 Å². The molecule has 0 spiro atoms. The fourth-order valence-corrected chi connectivity index (χ4v) is 2.13. The standard InChI is InChI=1S/C17H20N4O3/c1-21(2)15-13(5-4-10-18-15)11-19-17(23)20-14-8-6-12(7-9-14)16(22)24-3/h4-10H,11H2,1-3H3,(H2,19,20,23). The van der Waals surface area contributed by atoms with E-state index in [1.54, 1.807) is 30.5 Å². The van der Waals surface area contributed by atoms with E-state index in [0.717, 1.165) is 11.4 Å². The zero-order chi connectivity index (χ0) is 17.5. The van der Waals surface area contributed by atoms with Gasteiger partial charge >= 0.3 is 12.0 Å². The van der Waals surface area contributed by atoms with Crippen molar-refractivity contribution < 1.29 is 14.3 Å². The van der Waals surface area contributed by atoms with Gasteiger partial charge in [0.05, 0.1) is 12.7 Å². The quantitative estimate of drug-likeness (QED) is 0.823. The van der Waals surface area contributed by atoms with Gasteiger partial charge in [-0.3, -0.25) is 0 Å². The zero-order valence-electron chi connectivity index (χ0n) is 13.9. The molecular weight excluding hydrogens is 308 g/mol. The second kappa shape index (κ2) is 7.96. The highest BCUT2D eigenvalue weighted by Crippen LogP contribution is 2.14. The second-order valence-corrected chi connectivity index (χ2v) is 5.26. The predicted molar refractivity (Wildman–Crippen MR) is 92.2 cm³/mol. The first-order chi connectivity index (χ1) is 11.5. The Morgan fingerprint density at radius 2 is 1.88 bits per heavy atom. The third kappa shape index (κ3) is 4.45. The van der Waals surface area contributed by atoms with E-state index in [0.29, 0.717) is 17.8 Å². The van der Waals surface area contributed by atoms with E-state index >= 15 is 0 Å². The number of aromatic nitrogens is 1. The molecule has 0 aliphatic carbocycles. The van der Waals surface area contributed by atoms with E-state index in [9.17, 15) is 9.59 Å². The lowest BCUT2D eigenvalue weighted by molar-refractivity contribution is 0.0601. The molecule has 2 N–H and O–H groups in total. The van der Waals surface area contributed by atoms with Crippen molar-refractivity contribution in [2.75, 3.05) is 31.4 Å². The summed E-state index contributed by atoms with van der Waals surface area (Å²) in [5, 5.41) is 5.49. The summed E-state index contributed by atoms with van der Waals surface area (Å²) in [6, 6.07) is 9.86. The Hall–Kier alpha value is -3.09. The lowest BCUT2D eigenvalue weighted by atomic mass is 10.2. The van der Waals surface area contributed by atoms with Crippen molar-refractivity contribution in [3.63, 3.8) is 0 Å². The largest absolute Gasteiger partial charge is 0.465 e. The number of nitrogens with zero attached hydrogens (tertiary/aromatic N) is 2. The van der Waals surface area contributed by atoms with Crippen LogP contribution in [0.1, 0.15) is 15.9 Å². The molecule has 2 rings (SSSR count). The van der Waals surface area contributed by atoms with Crippen LogP contribution in [0.3, 0.4) is 0 Å². The molecule has 7 nitrogen and oxygen atoms in total. The molecule has 0 aliphatic heterocycles. The summed E-state index contributed by atoms with van der Waals surface area (Å²) in [6.45, 7) is 0.355. The van der Waals surface area contributed by atoms with Crippen molar-refractivity contribution >= 4 is 23.5 Å². The average Bonchev–Trinajstić information content (AvgIpc) is 2.60. The number of pyridine rings is 1. The molecule has 0 unspecified atom stereocenters. The number of rotatable bonds is 5. The van der Waals surface area contributed by atoms with E-state index < -0.39 is 5.97 Å². The summed E-state index contributed by atoms with van der Waals surface area (Å²) in [5.41, 5.74) is 1.92. The van der Waals surface area contributed by atoms with Crippen LogP contribution < -0.4 is 15.5 Å². The molecule has 1 aromatic carbocycles. The molecule has 24 heavy (non-hydrogen) atoms. The molecule has 0 radical (unpaired) electrons. The molecule has 1 heterocycles. The highest BCUT2D eigenvalue weighted by atomic mass is 16.5. The number of methoxy groups -OCH3 is 1. The van der Waals surface area contributed by atoms with Crippen LogP contribution in [-0.2, 0) is 11.3 Å². The van der Waals surface area contributed by atoms with Crippen LogP contribution in [0.5, 0.6) is 0 Å². The van der Waals surface area contributed by atoms with Gasteiger partial charge in [-0.05, 0) is 30.3 Å². The zero-order valence-corrected chi connectivity index (χ0v) is 13.9. The molecule has 0 bridgehead atoms. The van der Waals surface area contributed by atoms with Crippen LogP contribution in [0.25, 0.3) is 0 Å². The van der Waals surface area contributed by atoms with Gasteiger partial charge in [-0.15, -0.1) is 0 Å². The maximum absolute atomic E-state index is 12.0. The van der Waals surface area contributed by atoms with Crippen LogP contribution in [0.4, 0.5) is 16.3 Å². The normalized spacial score (nSPS) is 9.96. The number of hydrogen-bond donors (Lipinski definition) is 2. The van der Waals surface area contributed by atoms with Gasteiger partial charge in [0.15, 0.2) is 0 Å². The smallest absolute Gasteiger partial charge is 0.337 e. The van der Waals surface area contributed by atoms with Crippen molar-refractivity contribution in [1.82, 2.24) is 10.3 Å². The molecule has 0 saturated carbocycles. The number of nitrogens with one attached hydrogen (secondary N) is 2. The van der Waals surface area contributed by atoms with Crippen molar-refractivity contribution in [2.45, 2.75) is 6.54 Å². The maximum Gasteiger partial charge on any atom is 0.337 e. The van der Waals surface area contributed by atoms with Crippen molar-refractivity contribution in [3.05, 3.63) is 53.7 Å². The Morgan fingerprint density at radius 3 is 2.50 bits per heavy atom. The first-order valence-electron chi connectivity index (χ1n) is 7.35. The fourth-order valence-electron chi connectivity index (χ4n) is 2.13. The minimum absolute atomic E-state index is 0.339. The molecule has 0 saturated heterocycles. The number of carbonyl (C=O) groups is 2. The van der Waals surface area contributed by atoms with Crippen LogP contribution in [0, 0.1) is 0 Å². The average molecular weight is 328 g/mol. The van der Waals surface area contributed by atoms with Crippen LogP contribution in [0.2, 0.25) is 0 Å². The number of amides is 2. The van der Waals surface area contributed by atoms with E-state index in [4.69, 9.17) is 0 Å². The molecule has 1 aromatic heterocycles. The summed E-state index contributed by atoms with van der Waals surface area (Å²) < 4.78 is 4.63. The topological polar surface area (TPSA) is 83.6 Å². The first kappa shape index (κ1) is 17.3. The Bertz CT molecular complexity index is 714. The van der Waals surface area contributed by atoms with Crippen molar-refractivity contribution in [1.29, 1.82) is 0 Å². The second-order valence-electron chi connectivity index (χ2n) is 5.26. The van der Waals surface area contributed by atoms with Gasteiger partial charge in [-0.25, -0.2) is 14.6 Å². The lowest BCUT2D eigenvalue weighted by Gasteiger charge is -2.16. The SMILES string of the molecule is COC(=O)c1ccc(NC(=O)NCc2cccnc2N(C)C)cc1. The first-order valence-corrected chi connectivity index (χ1v) is 7.35. The van der Waals surface area contributed by atoms with Crippen molar-refractivity contribution in [3.8, 4) is 0 Å². The van der Waals surface area contributed by atoms with Gasteiger partial charge in [0, 0.05) is 38.1 Å². The third-order valence-corrected chi connectivity index (χ3v) is 3.29. The number of ether oxygens (including phenoxy) is 1. The van der Waals surface area contributed by atoms with E-state index in [1.807, 2.05) is 31.1 Å². The number of anilines is 2. The molecule has 0 atom stereocenters. The minimum atomic E-state index is -0.418. The molecule has 126 valence electrons. The van der Waals surface area contributed by atoms with E-state index in [1.165, 1.54) is 7.11 Å². The number of benzene rings is 1. The maximum atomic E-state index is 12.0. The highest BCUT2D eigenvalue weighted by Gasteiger charge is 2.08. The Balaban J connectivity index is 1.93. The summed E-state index contributed by atoms with van der Waals surface area (Å²) in [5.74, 6) is 0.388. The van der Waals surface area contributed by atoms with E-state index in [-0.39, 0.29) is 6.03 Å². The number of esters is 1. The number of carbonyl (C=O) groups excluding carboxylic acids is 2. The van der Waals surface area contributed by atoms with E-state index in [2.05, 4.69) is 20.4 Å². The molecule has 2 amide bonds. The van der Waals surface area contributed by atoms with Crippen LogP contribution in [0.15, 0.2) is 42.6 Å². The van der Waals surface area contributed by atoms with Gasteiger partial charge in [-0.1, -0.05) is 6.07 Å².